The van der Waals surface area contributed by atoms with Crippen molar-refractivity contribution in [3.8, 4) is 0 Å². The van der Waals surface area contributed by atoms with Gasteiger partial charge in [-0.1, -0.05) is 17.6 Å². The summed E-state index contributed by atoms with van der Waals surface area (Å²) in [5.41, 5.74) is 3.05. The van der Waals surface area contributed by atoms with Crippen LogP contribution in [0.5, 0.6) is 0 Å². The molecule has 6 radical (unpaired) electrons. The fourth-order valence-electron chi connectivity index (χ4n) is 1.72. The topological polar surface area (TPSA) is 62.3 Å². The first-order valence-electron chi connectivity index (χ1n) is 6.91. The Morgan fingerprint density at radius 2 is 1.12 bits per heavy atom. The Kier molecular flexibility index (Phi) is 5.00. The smallest absolute Gasteiger partial charge is 0.228 e. The van der Waals surface area contributed by atoms with Gasteiger partial charge in [-0.25, -0.2) is 4.98 Å². The molecular weight excluding hydrogens is 315 g/mol. The van der Waals surface area contributed by atoms with E-state index >= 15 is 0 Å². The van der Waals surface area contributed by atoms with Gasteiger partial charge in [0.2, 0.25) is 5.13 Å². The van der Waals surface area contributed by atoms with Crippen LogP contribution in [-0.2, 0) is 0 Å². The van der Waals surface area contributed by atoms with Crippen LogP contribution in [0.2, 0.25) is 0 Å². The minimum atomic E-state index is 0.271. The van der Waals surface area contributed by atoms with Crippen molar-refractivity contribution in [2.75, 3.05) is 0 Å². The molecule has 1 aromatic heterocycles. The van der Waals surface area contributed by atoms with E-state index in [0.29, 0.717) is 26.7 Å². The van der Waals surface area contributed by atoms with Crippen LogP contribution in [0.1, 0.15) is 0 Å². The van der Waals surface area contributed by atoms with Crippen LogP contribution in [0, 0.1) is 0 Å². The van der Waals surface area contributed by atoms with E-state index < -0.39 is 0 Å². The van der Waals surface area contributed by atoms with Crippen LogP contribution < -0.4 is 15.8 Å². The maximum Gasteiger partial charge on any atom is 0.228 e. The molecule has 5 nitrogen and oxygen atoms in total. The van der Waals surface area contributed by atoms with Crippen molar-refractivity contribution in [3.63, 3.8) is 0 Å². The molecule has 2 aromatic carbocycles. The SMILES string of the molecule is [B]c1ccc(N=Nc2ccc(N=Nc3nc([B])c([B])s3)cc2)cc1. The van der Waals surface area contributed by atoms with Gasteiger partial charge >= 0.3 is 0 Å². The summed E-state index contributed by atoms with van der Waals surface area (Å²) in [7, 11) is 16.8. The lowest BCUT2D eigenvalue weighted by Gasteiger charge is -1.95. The molecule has 24 heavy (non-hydrogen) atoms. The zero-order valence-corrected chi connectivity index (χ0v) is 13.3. The van der Waals surface area contributed by atoms with Gasteiger partial charge in [0, 0.05) is 0 Å². The third kappa shape index (κ3) is 4.26. The standard InChI is InChI=1S/C15H8B3N5S/c16-9-1-3-10(4-2-9)20-21-11-5-7-12(8-6-11)22-23-15-19-13(17)14(18)24-15/h1-8H. The minimum absolute atomic E-state index is 0.271. The minimum Gasteiger partial charge on any atom is -0.234 e. The van der Waals surface area contributed by atoms with Gasteiger partial charge in [-0.2, -0.15) is 10.2 Å². The Morgan fingerprint density at radius 1 is 0.667 bits per heavy atom. The molecule has 0 saturated heterocycles. The van der Waals surface area contributed by atoms with E-state index in [-0.39, 0.29) is 5.59 Å². The van der Waals surface area contributed by atoms with E-state index in [2.05, 4.69) is 25.4 Å². The number of hydrogen-bond donors (Lipinski definition) is 0. The molecule has 3 aromatic rings. The summed E-state index contributed by atoms with van der Waals surface area (Å²) in [6.45, 7) is 0. The molecule has 108 valence electrons. The number of nitrogens with zero attached hydrogens (tertiary/aromatic N) is 5. The molecule has 0 amide bonds. The van der Waals surface area contributed by atoms with Gasteiger partial charge in [-0.3, -0.25) is 0 Å². The van der Waals surface area contributed by atoms with E-state index in [1.165, 1.54) is 11.3 Å². The van der Waals surface area contributed by atoms with E-state index in [0.717, 1.165) is 5.69 Å². The van der Waals surface area contributed by atoms with Crippen molar-refractivity contribution in [2.45, 2.75) is 0 Å². The Balaban J connectivity index is 1.67. The highest BCUT2D eigenvalue weighted by Crippen LogP contribution is 2.23. The quantitative estimate of drug-likeness (QED) is 0.537. The van der Waals surface area contributed by atoms with E-state index in [4.69, 9.17) is 23.5 Å². The van der Waals surface area contributed by atoms with Crippen molar-refractivity contribution in [1.29, 1.82) is 0 Å². The molecule has 0 unspecified atom stereocenters. The molecule has 3 rings (SSSR count). The van der Waals surface area contributed by atoms with Gasteiger partial charge in [-0.05, 0) is 46.8 Å². The number of rotatable bonds is 4. The summed E-state index contributed by atoms with van der Waals surface area (Å²) in [5.74, 6) is 0. The van der Waals surface area contributed by atoms with Crippen LogP contribution in [0.15, 0.2) is 69.0 Å². The average Bonchev–Trinajstić information content (AvgIpc) is 2.91. The maximum atomic E-state index is 5.62. The number of thiazole rings is 1. The summed E-state index contributed by atoms with van der Waals surface area (Å²) >= 11 is 1.18. The van der Waals surface area contributed by atoms with Crippen molar-refractivity contribution in [1.82, 2.24) is 4.98 Å². The lowest BCUT2D eigenvalue weighted by Crippen LogP contribution is -2.21. The van der Waals surface area contributed by atoms with Crippen LogP contribution in [0.3, 0.4) is 0 Å². The summed E-state index contributed by atoms with van der Waals surface area (Å²) < 4.78 is 0.433. The van der Waals surface area contributed by atoms with Crippen molar-refractivity contribution in [2.24, 2.45) is 20.5 Å². The second-order valence-electron chi connectivity index (χ2n) is 4.75. The average molecular weight is 323 g/mol. The van der Waals surface area contributed by atoms with E-state index in [9.17, 15) is 0 Å². The molecule has 9 heteroatoms. The molecule has 0 saturated carbocycles. The highest BCUT2D eigenvalue weighted by molar-refractivity contribution is 7.24. The Labute approximate surface area is 147 Å². The fraction of sp³-hybridized carbons (Fsp3) is 0. The molecule has 0 aliphatic carbocycles. The van der Waals surface area contributed by atoms with Crippen LogP contribution in [0.4, 0.5) is 22.2 Å². The van der Waals surface area contributed by atoms with Gasteiger partial charge in [0.05, 0.1) is 17.1 Å². The summed E-state index contributed by atoms with van der Waals surface area (Å²) in [5, 5.41) is 16.8. The van der Waals surface area contributed by atoms with E-state index in [1.807, 2.05) is 0 Å². The van der Waals surface area contributed by atoms with Gasteiger partial charge < -0.3 is 0 Å². The normalized spacial score (nSPS) is 11.5. The zero-order chi connectivity index (χ0) is 16.9. The zero-order valence-electron chi connectivity index (χ0n) is 12.5. The van der Waals surface area contributed by atoms with E-state index in [1.54, 1.807) is 48.5 Å². The second kappa shape index (κ2) is 7.36. The Morgan fingerprint density at radius 3 is 1.58 bits per heavy atom. The Hall–Kier alpha value is -2.54. The summed E-state index contributed by atoms with van der Waals surface area (Å²) in [6, 6.07) is 14.3. The number of aromatic nitrogens is 1. The third-order valence-electron chi connectivity index (χ3n) is 2.94. The lowest BCUT2D eigenvalue weighted by atomic mass is 9.94. The maximum absolute atomic E-state index is 5.62. The first-order valence-corrected chi connectivity index (χ1v) is 7.73. The molecule has 0 bridgehead atoms. The number of hydrogen-bond acceptors (Lipinski definition) is 6. The fourth-order valence-corrected chi connectivity index (χ4v) is 2.29. The van der Waals surface area contributed by atoms with Gasteiger partial charge in [0.1, 0.15) is 23.5 Å². The first kappa shape index (κ1) is 16.3. The van der Waals surface area contributed by atoms with Gasteiger partial charge in [-0.15, -0.1) is 21.6 Å². The number of benzene rings is 2. The third-order valence-corrected chi connectivity index (χ3v) is 3.73. The molecule has 0 fully saturated rings. The summed E-state index contributed by atoms with van der Waals surface area (Å²) in [6.07, 6.45) is 0. The first-order chi connectivity index (χ1) is 11.6. The van der Waals surface area contributed by atoms with Crippen molar-refractivity contribution in [3.05, 3.63) is 48.5 Å². The lowest BCUT2D eigenvalue weighted by molar-refractivity contribution is 1.20. The van der Waals surface area contributed by atoms with Gasteiger partial charge in [0.25, 0.3) is 0 Å². The predicted molar refractivity (Wildman–Crippen MR) is 99.5 cm³/mol. The van der Waals surface area contributed by atoms with Crippen LogP contribution >= 0.6 is 11.3 Å². The molecule has 1 heterocycles. The molecule has 0 spiro atoms. The Bertz CT molecular complexity index is 869. The molecule has 0 N–H and O–H groups in total. The van der Waals surface area contributed by atoms with Gasteiger partial charge in [0.15, 0.2) is 0 Å². The van der Waals surface area contributed by atoms with Crippen molar-refractivity contribution >= 4 is 72.9 Å². The second-order valence-corrected chi connectivity index (χ2v) is 5.76. The monoisotopic (exact) mass is 323 g/mol. The number of azo groups is 2. The van der Waals surface area contributed by atoms with Crippen LogP contribution in [0.25, 0.3) is 0 Å². The summed E-state index contributed by atoms with van der Waals surface area (Å²) in [4.78, 5) is 3.98. The molecule has 0 aliphatic heterocycles. The highest BCUT2D eigenvalue weighted by Gasteiger charge is 2.01. The van der Waals surface area contributed by atoms with Crippen LogP contribution in [-0.4, -0.2) is 28.5 Å². The molecule has 0 atom stereocenters. The molecule has 0 aliphatic rings. The van der Waals surface area contributed by atoms with Crippen molar-refractivity contribution < 1.29 is 0 Å². The molecular formula is C15H8B3N5S. The predicted octanol–water partition coefficient (Wildman–Crippen LogP) is 2.36. The highest BCUT2D eigenvalue weighted by atomic mass is 32.1. The largest absolute Gasteiger partial charge is 0.234 e.